The number of nitrogens with one attached hydrogen (secondary N) is 2. The first-order valence-electron chi connectivity index (χ1n) is 11.9. The SMILES string of the molecule is CCOc1cccc(C2Nc3ccccc3NC3=C2C(=O)CC(c2cc(OC)ccc2OC)C3)c1. The van der Waals surface area contributed by atoms with Gasteiger partial charge in [0.1, 0.15) is 17.2 Å². The van der Waals surface area contributed by atoms with Crippen molar-refractivity contribution in [1.82, 2.24) is 0 Å². The van der Waals surface area contributed by atoms with Crippen LogP contribution >= 0.6 is 0 Å². The zero-order valence-corrected chi connectivity index (χ0v) is 20.3. The molecular formula is C29H30N2O4. The third-order valence-electron chi connectivity index (χ3n) is 6.69. The number of hydrogen-bond acceptors (Lipinski definition) is 6. The number of fused-ring (bicyclic) bond motifs is 1. The van der Waals surface area contributed by atoms with E-state index in [2.05, 4.69) is 10.6 Å². The standard InChI is InChI=1S/C29H30N2O4/c1-4-35-21-9-7-8-18(14-21)29-28-25(30-23-10-5-6-11-24(23)31-29)15-19(16-26(28)32)22-17-20(33-2)12-13-27(22)34-3/h5-14,17,19,29-31H,4,15-16H2,1-3H3. The molecule has 1 heterocycles. The molecule has 3 aromatic rings. The Balaban J connectivity index is 1.60. The van der Waals surface area contributed by atoms with Crippen LogP contribution in [0.4, 0.5) is 11.4 Å². The molecule has 3 aromatic carbocycles. The number of Topliss-reactive ketones (excluding diaryl/α,β-unsaturated/α-hetero) is 1. The lowest BCUT2D eigenvalue weighted by atomic mass is 9.78. The Morgan fingerprint density at radius 3 is 2.49 bits per heavy atom. The zero-order valence-electron chi connectivity index (χ0n) is 20.3. The van der Waals surface area contributed by atoms with E-state index >= 15 is 0 Å². The van der Waals surface area contributed by atoms with Gasteiger partial charge in [0.25, 0.3) is 0 Å². The van der Waals surface area contributed by atoms with Gasteiger partial charge in [-0.1, -0.05) is 24.3 Å². The number of rotatable bonds is 6. The molecule has 2 aliphatic rings. The van der Waals surface area contributed by atoms with E-state index in [9.17, 15) is 4.79 Å². The number of allylic oxidation sites excluding steroid dienone is 1. The molecule has 35 heavy (non-hydrogen) atoms. The molecule has 0 saturated carbocycles. The minimum atomic E-state index is -0.290. The van der Waals surface area contributed by atoms with Gasteiger partial charge in [0, 0.05) is 29.2 Å². The van der Waals surface area contributed by atoms with E-state index in [0.29, 0.717) is 19.4 Å². The lowest BCUT2D eigenvalue weighted by molar-refractivity contribution is -0.116. The second-order valence-electron chi connectivity index (χ2n) is 8.78. The Hall–Kier alpha value is -3.93. The molecule has 1 aliphatic carbocycles. The van der Waals surface area contributed by atoms with Crippen molar-refractivity contribution in [3.8, 4) is 17.2 Å². The van der Waals surface area contributed by atoms with Crippen LogP contribution in [0.2, 0.25) is 0 Å². The molecule has 1 aliphatic heterocycles. The predicted molar refractivity (Wildman–Crippen MR) is 138 cm³/mol. The number of methoxy groups -OCH3 is 2. The summed E-state index contributed by atoms with van der Waals surface area (Å²) in [5.41, 5.74) is 5.58. The van der Waals surface area contributed by atoms with Crippen LogP contribution in [0.25, 0.3) is 0 Å². The number of para-hydroxylation sites is 2. The van der Waals surface area contributed by atoms with E-state index < -0.39 is 0 Å². The Morgan fingerprint density at radius 1 is 0.886 bits per heavy atom. The normalized spacial score (nSPS) is 19.0. The van der Waals surface area contributed by atoms with E-state index in [4.69, 9.17) is 14.2 Å². The highest BCUT2D eigenvalue weighted by atomic mass is 16.5. The Bertz CT molecular complexity index is 1280. The summed E-state index contributed by atoms with van der Waals surface area (Å²) in [6.45, 7) is 2.55. The molecule has 0 fully saturated rings. The average Bonchev–Trinajstić information content (AvgIpc) is 3.05. The van der Waals surface area contributed by atoms with Crippen LogP contribution in [0.15, 0.2) is 78.0 Å². The average molecular weight is 471 g/mol. The summed E-state index contributed by atoms with van der Waals surface area (Å²) in [6, 6.07) is 21.5. The van der Waals surface area contributed by atoms with Crippen molar-refractivity contribution in [3.63, 3.8) is 0 Å². The van der Waals surface area contributed by atoms with Gasteiger partial charge in [-0.2, -0.15) is 0 Å². The number of hydrogen-bond donors (Lipinski definition) is 2. The molecule has 2 atom stereocenters. The van der Waals surface area contributed by atoms with Crippen molar-refractivity contribution < 1.29 is 19.0 Å². The third kappa shape index (κ3) is 4.44. The third-order valence-corrected chi connectivity index (χ3v) is 6.69. The van der Waals surface area contributed by atoms with E-state index in [1.807, 2.05) is 73.7 Å². The molecule has 2 N–H and O–H groups in total. The van der Waals surface area contributed by atoms with Crippen molar-refractivity contribution in [3.05, 3.63) is 89.1 Å². The lowest BCUT2D eigenvalue weighted by Crippen LogP contribution is -2.27. The van der Waals surface area contributed by atoms with Crippen molar-refractivity contribution in [2.45, 2.75) is 31.7 Å². The van der Waals surface area contributed by atoms with Crippen LogP contribution in [0, 0.1) is 0 Å². The maximum atomic E-state index is 13.8. The minimum Gasteiger partial charge on any atom is -0.497 e. The van der Waals surface area contributed by atoms with Crippen molar-refractivity contribution >= 4 is 17.2 Å². The van der Waals surface area contributed by atoms with Crippen LogP contribution < -0.4 is 24.8 Å². The number of ether oxygens (including phenoxy) is 3. The zero-order chi connectivity index (χ0) is 24.4. The molecule has 0 radical (unpaired) electrons. The van der Waals surface area contributed by atoms with Gasteiger partial charge in [-0.05, 0) is 61.4 Å². The Morgan fingerprint density at radius 2 is 1.71 bits per heavy atom. The lowest BCUT2D eigenvalue weighted by Gasteiger charge is -2.30. The van der Waals surface area contributed by atoms with Gasteiger partial charge in [-0.15, -0.1) is 0 Å². The van der Waals surface area contributed by atoms with Gasteiger partial charge in [0.15, 0.2) is 5.78 Å². The summed E-state index contributed by atoms with van der Waals surface area (Å²) in [5.74, 6) is 2.39. The maximum absolute atomic E-state index is 13.8. The van der Waals surface area contributed by atoms with Crippen LogP contribution in [-0.2, 0) is 4.79 Å². The highest BCUT2D eigenvalue weighted by molar-refractivity contribution is 6.01. The van der Waals surface area contributed by atoms with E-state index in [-0.39, 0.29) is 17.7 Å². The summed E-state index contributed by atoms with van der Waals surface area (Å²) in [6.07, 6.45) is 1.08. The number of carbonyl (C=O) groups excluding carboxylic acids is 1. The van der Waals surface area contributed by atoms with E-state index in [1.165, 1.54) is 0 Å². The molecule has 0 bridgehead atoms. The summed E-state index contributed by atoms with van der Waals surface area (Å²) in [5, 5.41) is 7.22. The van der Waals surface area contributed by atoms with Gasteiger partial charge in [0.05, 0.1) is 38.2 Å². The fourth-order valence-corrected chi connectivity index (χ4v) is 5.07. The monoisotopic (exact) mass is 470 g/mol. The van der Waals surface area contributed by atoms with Crippen molar-refractivity contribution in [1.29, 1.82) is 0 Å². The number of anilines is 2. The van der Waals surface area contributed by atoms with Gasteiger partial charge in [-0.25, -0.2) is 0 Å². The number of carbonyl (C=O) groups is 1. The predicted octanol–water partition coefficient (Wildman–Crippen LogP) is 6.08. The smallest absolute Gasteiger partial charge is 0.163 e. The first-order chi connectivity index (χ1) is 17.1. The maximum Gasteiger partial charge on any atom is 0.163 e. The summed E-state index contributed by atoms with van der Waals surface area (Å²) >= 11 is 0. The topological polar surface area (TPSA) is 68.8 Å². The molecule has 0 amide bonds. The summed E-state index contributed by atoms with van der Waals surface area (Å²) in [7, 11) is 3.31. The van der Waals surface area contributed by atoms with Crippen LogP contribution in [0.3, 0.4) is 0 Å². The quantitative estimate of drug-likeness (QED) is 0.455. The summed E-state index contributed by atoms with van der Waals surface area (Å²) in [4.78, 5) is 13.8. The second-order valence-corrected chi connectivity index (χ2v) is 8.78. The second kappa shape index (κ2) is 9.74. The Labute approximate surface area is 205 Å². The summed E-state index contributed by atoms with van der Waals surface area (Å²) < 4.78 is 16.9. The van der Waals surface area contributed by atoms with Gasteiger partial charge in [0.2, 0.25) is 0 Å². The highest BCUT2D eigenvalue weighted by Crippen LogP contribution is 2.46. The van der Waals surface area contributed by atoms with Gasteiger partial charge >= 0.3 is 0 Å². The van der Waals surface area contributed by atoms with Crippen LogP contribution in [-0.4, -0.2) is 26.6 Å². The molecular weight excluding hydrogens is 440 g/mol. The van der Waals surface area contributed by atoms with Crippen LogP contribution in [0.5, 0.6) is 17.2 Å². The fourth-order valence-electron chi connectivity index (χ4n) is 5.07. The van der Waals surface area contributed by atoms with Crippen LogP contribution in [0.1, 0.15) is 42.9 Å². The fraction of sp³-hybridized carbons (Fsp3) is 0.276. The molecule has 0 aromatic heterocycles. The molecule has 180 valence electrons. The molecule has 5 rings (SSSR count). The number of ketones is 1. The molecule has 6 heteroatoms. The van der Waals surface area contributed by atoms with E-state index in [1.54, 1.807) is 14.2 Å². The van der Waals surface area contributed by atoms with E-state index in [0.717, 1.165) is 51.0 Å². The number of benzene rings is 3. The first-order valence-corrected chi connectivity index (χ1v) is 11.9. The van der Waals surface area contributed by atoms with Crippen molar-refractivity contribution in [2.75, 3.05) is 31.5 Å². The minimum absolute atomic E-state index is 0.0283. The molecule has 0 spiro atoms. The molecule has 2 unspecified atom stereocenters. The van der Waals surface area contributed by atoms with Gasteiger partial charge < -0.3 is 24.8 Å². The van der Waals surface area contributed by atoms with Gasteiger partial charge in [-0.3, -0.25) is 4.79 Å². The molecule has 6 nitrogen and oxygen atoms in total. The molecule has 0 saturated heterocycles. The van der Waals surface area contributed by atoms with Crippen molar-refractivity contribution in [2.24, 2.45) is 0 Å². The first kappa shape index (κ1) is 22.8. The largest absolute Gasteiger partial charge is 0.497 e. The highest BCUT2D eigenvalue weighted by Gasteiger charge is 2.37. The Kier molecular flexibility index (Phi) is 6.36.